The lowest BCUT2D eigenvalue weighted by molar-refractivity contribution is 0.107. The summed E-state index contributed by atoms with van der Waals surface area (Å²) in [6.45, 7) is 2.13. The number of halogens is 1. The van der Waals surface area contributed by atoms with E-state index in [0.29, 0.717) is 5.02 Å². The first-order chi connectivity index (χ1) is 11.0. The van der Waals surface area contributed by atoms with Crippen LogP contribution in [0.4, 0.5) is 0 Å². The van der Waals surface area contributed by atoms with Crippen LogP contribution in [0.3, 0.4) is 0 Å². The molecule has 2 aromatic carbocycles. The van der Waals surface area contributed by atoms with Gasteiger partial charge in [0.05, 0.1) is 11.0 Å². The van der Waals surface area contributed by atoms with E-state index >= 15 is 0 Å². The number of ether oxygens (including phenoxy) is 1. The Kier molecular flexibility index (Phi) is 6.18. The van der Waals surface area contributed by atoms with E-state index in [4.69, 9.17) is 16.3 Å². The van der Waals surface area contributed by atoms with Gasteiger partial charge >= 0.3 is 0 Å². The molecule has 0 heterocycles. The average molecular weight is 354 g/mol. The highest BCUT2D eigenvalue weighted by Gasteiger charge is 2.19. The first-order valence-electron chi connectivity index (χ1n) is 7.33. The molecule has 1 N–H and O–H groups in total. The summed E-state index contributed by atoms with van der Waals surface area (Å²) < 4.78 is 32.7. The second-order valence-corrected chi connectivity index (χ2v) is 7.27. The van der Waals surface area contributed by atoms with Crippen molar-refractivity contribution >= 4 is 21.6 Å². The Balaban J connectivity index is 2.12. The first kappa shape index (κ1) is 17.9. The largest absolute Gasteiger partial charge is 0.375 e. The van der Waals surface area contributed by atoms with Crippen LogP contribution in [-0.2, 0) is 21.2 Å². The molecule has 0 aliphatic carbocycles. The fraction of sp³-hybridized carbons (Fsp3) is 0.294. The van der Waals surface area contributed by atoms with Crippen molar-refractivity contribution in [3.8, 4) is 0 Å². The minimum atomic E-state index is -3.58. The van der Waals surface area contributed by atoms with E-state index in [1.807, 2.05) is 37.3 Å². The van der Waals surface area contributed by atoms with Gasteiger partial charge in [-0.15, -0.1) is 0 Å². The smallest absolute Gasteiger partial charge is 0.240 e. The minimum Gasteiger partial charge on any atom is -0.375 e. The zero-order valence-corrected chi connectivity index (χ0v) is 14.7. The maximum absolute atomic E-state index is 12.4. The van der Waals surface area contributed by atoms with Crippen molar-refractivity contribution < 1.29 is 13.2 Å². The minimum absolute atomic E-state index is 0.109. The Morgan fingerprint density at radius 2 is 1.78 bits per heavy atom. The van der Waals surface area contributed by atoms with E-state index in [-0.39, 0.29) is 11.4 Å². The maximum atomic E-state index is 12.4. The number of nitrogens with one attached hydrogen (secondary N) is 1. The lowest BCUT2D eigenvalue weighted by atomic mass is 10.1. The quantitative estimate of drug-likeness (QED) is 0.827. The SMILES string of the molecule is CCc1ccc(S(=O)(=O)NCC(OC)c2ccccc2Cl)cc1. The van der Waals surface area contributed by atoms with Crippen molar-refractivity contribution in [1.29, 1.82) is 0 Å². The van der Waals surface area contributed by atoms with Crippen molar-refractivity contribution in [2.75, 3.05) is 13.7 Å². The summed E-state index contributed by atoms with van der Waals surface area (Å²) >= 11 is 6.14. The van der Waals surface area contributed by atoms with Gasteiger partial charge in [0.2, 0.25) is 10.0 Å². The van der Waals surface area contributed by atoms with E-state index in [1.165, 1.54) is 7.11 Å². The van der Waals surface area contributed by atoms with Gasteiger partial charge in [-0.1, -0.05) is 48.9 Å². The average Bonchev–Trinajstić information content (AvgIpc) is 2.57. The normalized spacial score (nSPS) is 13.0. The molecule has 0 amide bonds. The molecular formula is C17H20ClNO3S. The molecule has 2 aromatic rings. The molecule has 0 bridgehead atoms. The third kappa shape index (κ3) is 4.54. The molecule has 0 saturated carbocycles. The summed E-state index contributed by atoms with van der Waals surface area (Å²) in [6, 6.07) is 14.1. The summed E-state index contributed by atoms with van der Waals surface area (Å²) in [7, 11) is -2.06. The van der Waals surface area contributed by atoms with Crippen LogP contribution in [0, 0.1) is 0 Å². The summed E-state index contributed by atoms with van der Waals surface area (Å²) in [5, 5.41) is 0.547. The highest BCUT2D eigenvalue weighted by Crippen LogP contribution is 2.25. The summed E-state index contributed by atoms with van der Waals surface area (Å²) in [5.41, 5.74) is 1.84. The number of benzene rings is 2. The van der Waals surface area contributed by atoms with Crippen LogP contribution in [0.25, 0.3) is 0 Å². The van der Waals surface area contributed by atoms with Gasteiger partial charge in [0.25, 0.3) is 0 Å². The lowest BCUT2D eigenvalue weighted by Gasteiger charge is -2.18. The van der Waals surface area contributed by atoms with Gasteiger partial charge in [-0.05, 0) is 30.2 Å². The van der Waals surface area contributed by atoms with Gasteiger partial charge in [0.15, 0.2) is 0 Å². The van der Waals surface area contributed by atoms with Gasteiger partial charge in [-0.3, -0.25) is 0 Å². The van der Waals surface area contributed by atoms with Crippen LogP contribution >= 0.6 is 11.6 Å². The molecule has 0 aliphatic rings. The molecule has 0 spiro atoms. The van der Waals surface area contributed by atoms with Crippen LogP contribution in [-0.4, -0.2) is 22.1 Å². The Labute approximate surface area is 142 Å². The zero-order valence-electron chi connectivity index (χ0n) is 13.1. The molecule has 2 rings (SSSR count). The van der Waals surface area contributed by atoms with Crippen LogP contribution in [0.2, 0.25) is 5.02 Å². The van der Waals surface area contributed by atoms with Gasteiger partial charge in [-0.25, -0.2) is 13.1 Å². The number of hydrogen-bond acceptors (Lipinski definition) is 3. The molecular weight excluding hydrogens is 334 g/mol. The van der Waals surface area contributed by atoms with Crippen molar-refractivity contribution in [3.63, 3.8) is 0 Å². The molecule has 0 aliphatic heterocycles. The van der Waals surface area contributed by atoms with E-state index in [9.17, 15) is 8.42 Å². The summed E-state index contributed by atoms with van der Waals surface area (Å²) in [4.78, 5) is 0.240. The van der Waals surface area contributed by atoms with Gasteiger partial charge < -0.3 is 4.74 Å². The molecule has 23 heavy (non-hydrogen) atoms. The van der Waals surface area contributed by atoms with Crippen LogP contribution in [0.1, 0.15) is 24.2 Å². The van der Waals surface area contributed by atoms with Gasteiger partial charge in [0.1, 0.15) is 0 Å². The third-order valence-corrected chi connectivity index (χ3v) is 5.42. The van der Waals surface area contributed by atoms with Crippen molar-refractivity contribution in [3.05, 3.63) is 64.7 Å². The Morgan fingerprint density at radius 3 is 2.35 bits per heavy atom. The monoisotopic (exact) mass is 353 g/mol. The predicted octanol–water partition coefficient (Wildman–Crippen LogP) is 3.57. The molecule has 0 radical (unpaired) electrons. The fourth-order valence-corrected chi connectivity index (χ4v) is 3.52. The highest BCUT2D eigenvalue weighted by atomic mass is 35.5. The maximum Gasteiger partial charge on any atom is 0.240 e. The number of sulfonamides is 1. The van der Waals surface area contributed by atoms with Crippen LogP contribution in [0.5, 0.6) is 0 Å². The van der Waals surface area contributed by atoms with Gasteiger partial charge in [-0.2, -0.15) is 0 Å². The van der Waals surface area contributed by atoms with Crippen molar-refractivity contribution in [2.24, 2.45) is 0 Å². The molecule has 6 heteroatoms. The first-order valence-corrected chi connectivity index (χ1v) is 9.20. The molecule has 1 atom stereocenters. The van der Waals surface area contributed by atoms with Crippen LogP contribution in [0.15, 0.2) is 53.4 Å². The van der Waals surface area contributed by atoms with E-state index in [2.05, 4.69) is 4.72 Å². The van der Waals surface area contributed by atoms with E-state index in [0.717, 1.165) is 17.5 Å². The third-order valence-electron chi connectivity index (χ3n) is 3.64. The topological polar surface area (TPSA) is 55.4 Å². The molecule has 0 fully saturated rings. The standard InChI is InChI=1S/C17H20ClNO3S/c1-3-13-8-10-14(11-9-13)23(20,21)19-12-17(22-2)15-6-4-5-7-16(15)18/h4-11,17,19H,3,12H2,1-2H3. The molecule has 4 nitrogen and oxygen atoms in total. The number of rotatable bonds is 7. The highest BCUT2D eigenvalue weighted by molar-refractivity contribution is 7.89. The fourth-order valence-electron chi connectivity index (χ4n) is 2.23. The van der Waals surface area contributed by atoms with Crippen molar-refractivity contribution in [2.45, 2.75) is 24.3 Å². The zero-order chi connectivity index (χ0) is 16.9. The van der Waals surface area contributed by atoms with Crippen molar-refractivity contribution in [1.82, 2.24) is 4.72 Å². The number of hydrogen-bond donors (Lipinski definition) is 1. The Hall–Kier alpha value is -1.40. The second kappa shape index (κ2) is 7.93. The number of methoxy groups -OCH3 is 1. The Morgan fingerprint density at radius 1 is 1.13 bits per heavy atom. The van der Waals surface area contributed by atoms with E-state index in [1.54, 1.807) is 18.2 Å². The van der Waals surface area contributed by atoms with Gasteiger partial charge in [0, 0.05) is 24.2 Å². The van der Waals surface area contributed by atoms with Crippen LogP contribution < -0.4 is 4.72 Å². The molecule has 124 valence electrons. The second-order valence-electron chi connectivity index (χ2n) is 5.10. The Bertz CT molecular complexity index is 745. The lowest BCUT2D eigenvalue weighted by Crippen LogP contribution is -2.29. The predicted molar refractivity (Wildman–Crippen MR) is 92.2 cm³/mol. The summed E-state index contributed by atoms with van der Waals surface area (Å²) in [5.74, 6) is 0. The molecule has 1 unspecified atom stereocenters. The molecule has 0 saturated heterocycles. The molecule has 0 aromatic heterocycles. The number of aryl methyl sites for hydroxylation is 1. The van der Waals surface area contributed by atoms with E-state index < -0.39 is 16.1 Å². The summed E-state index contributed by atoms with van der Waals surface area (Å²) in [6.07, 6.45) is 0.417.